The number of ether oxygens (including phenoxy) is 2. The minimum absolute atomic E-state index is 0.0203. The van der Waals surface area contributed by atoms with Crippen LogP contribution in [0.15, 0.2) is 89.3 Å². The number of morpholine rings is 2. The van der Waals surface area contributed by atoms with Gasteiger partial charge in [-0.2, -0.15) is 26.3 Å². The van der Waals surface area contributed by atoms with Crippen LogP contribution in [0, 0.1) is 11.6 Å². The largest absolute Gasteiger partial charge is 0.471 e. The summed E-state index contributed by atoms with van der Waals surface area (Å²) in [6.07, 6.45) is -9.94. The molecule has 2 aliphatic rings. The van der Waals surface area contributed by atoms with E-state index in [1.54, 1.807) is 58.3 Å². The number of ketones is 1. The number of anilines is 2. The molecule has 1 aromatic heterocycles. The van der Waals surface area contributed by atoms with Crippen molar-refractivity contribution in [1.29, 1.82) is 0 Å². The fourth-order valence-electron chi connectivity index (χ4n) is 6.49. The molecule has 2 aliphatic heterocycles. The van der Waals surface area contributed by atoms with Crippen LogP contribution < -0.4 is 15.1 Å². The lowest BCUT2D eigenvalue weighted by molar-refractivity contribution is -0.173. The van der Waals surface area contributed by atoms with Crippen molar-refractivity contribution < 1.29 is 68.2 Å². The molecule has 24 heteroatoms. The lowest BCUT2D eigenvalue weighted by atomic mass is 10.1. The average molecular weight is 987 g/mol. The Kier molecular flexibility index (Phi) is 16.4. The molecule has 0 aliphatic carbocycles. The van der Waals surface area contributed by atoms with E-state index in [0.29, 0.717) is 74.0 Å². The van der Waals surface area contributed by atoms with Gasteiger partial charge >= 0.3 is 36.2 Å². The van der Waals surface area contributed by atoms with E-state index in [2.05, 4.69) is 14.6 Å². The zero-order valence-electron chi connectivity index (χ0n) is 34.7. The van der Waals surface area contributed by atoms with Crippen molar-refractivity contribution in [1.82, 2.24) is 25.3 Å². The number of alkyl halides is 6. The molecule has 1 N–H and O–H groups in total. The monoisotopic (exact) mass is 985 g/mol. The summed E-state index contributed by atoms with van der Waals surface area (Å²) in [5.74, 6) is -6.75. The van der Waals surface area contributed by atoms with Crippen LogP contribution in [0.5, 0.6) is 0 Å². The van der Waals surface area contributed by atoms with Crippen LogP contribution >= 0.6 is 23.2 Å². The second kappa shape index (κ2) is 22.0. The number of Topliss-reactive ketones (excluding diaryl/α,β-unsaturated/α-hetero) is 1. The SMILES string of the molecule is O=C(CNC(=O)C(F)(F)F)c1ccc(CN(C(=O)N2CCOCC2)c2cccc(Cl)c2)c(F)c1.O=C(N1CCOCC1)N(Cc1ccc(-c2nnc(C(F)(F)F)o2)cc1F)c1cccc(Cl)c1. The second-order valence-electron chi connectivity index (χ2n) is 14.5. The highest BCUT2D eigenvalue weighted by atomic mass is 35.5. The molecule has 0 spiro atoms. The van der Waals surface area contributed by atoms with Gasteiger partial charge in [-0.1, -0.05) is 53.5 Å². The molecule has 14 nitrogen and oxygen atoms in total. The van der Waals surface area contributed by atoms with Gasteiger partial charge in [0.1, 0.15) is 11.6 Å². The molecule has 5 aromatic rings. The molecule has 5 amide bonds. The average Bonchev–Trinajstić information content (AvgIpc) is 3.82. The number of amides is 5. The summed E-state index contributed by atoms with van der Waals surface area (Å²) < 4.78 is 120. The molecule has 2 fully saturated rings. The third-order valence-electron chi connectivity index (χ3n) is 9.93. The van der Waals surface area contributed by atoms with Gasteiger partial charge in [0, 0.05) is 69.9 Å². The van der Waals surface area contributed by atoms with Crippen LogP contribution in [0.25, 0.3) is 11.5 Å². The summed E-state index contributed by atoms with van der Waals surface area (Å²) in [5, 5.41) is 8.50. The molecule has 0 bridgehead atoms. The van der Waals surface area contributed by atoms with E-state index in [9.17, 15) is 54.3 Å². The third kappa shape index (κ3) is 13.4. The van der Waals surface area contributed by atoms with Crippen molar-refractivity contribution in [2.45, 2.75) is 25.4 Å². The number of halogens is 10. The predicted molar refractivity (Wildman–Crippen MR) is 225 cm³/mol. The van der Waals surface area contributed by atoms with Crippen molar-refractivity contribution in [2.75, 3.05) is 69.0 Å². The number of hydrogen-bond donors (Lipinski definition) is 1. The number of nitrogens with one attached hydrogen (secondary N) is 1. The van der Waals surface area contributed by atoms with Gasteiger partial charge in [-0.15, -0.1) is 10.2 Å². The maximum absolute atomic E-state index is 14.9. The third-order valence-corrected chi connectivity index (χ3v) is 10.4. The van der Waals surface area contributed by atoms with Gasteiger partial charge < -0.3 is 29.0 Å². The summed E-state index contributed by atoms with van der Waals surface area (Å²) in [6, 6.07) is 19.3. The first kappa shape index (κ1) is 50.1. The van der Waals surface area contributed by atoms with E-state index >= 15 is 0 Å². The van der Waals surface area contributed by atoms with Crippen LogP contribution in [-0.2, 0) is 33.5 Å². The van der Waals surface area contributed by atoms with Gasteiger partial charge in [0.05, 0.1) is 46.1 Å². The van der Waals surface area contributed by atoms with Gasteiger partial charge in [-0.05, 0) is 54.6 Å². The Hall–Kier alpha value is -6.36. The van der Waals surface area contributed by atoms with Crippen molar-refractivity contribution in [2.24, 2.45) is 0 Å². The lowest BCUT2D eigenvalue weighted by Crippen LogP contribution is -2.48. The first-order valence-corrected chi connectivity index (χ1v) is 20.7. The van der Waals surface area contributed by atoms with Gasteiger partial charge in [-0.25, -0.2) is 18.4 Å². The molecular formula is C43H37Cl2F8N7O7. The van der Waals surface area contributed by atoms with E-state index in [1.807, 2.05) is 0 Å². The van der Waals surface area contributed by atoms with E-state index in [4.69, 9.17) is 32.7 Å². The van der Waals surface area contributed by atoms with Crippen molar-refractivity contribution in [3.05, 3.63) is 129 Å². The number of carbonyl (C=O) groups excluding carboxylic acids is 4. The molecule has 2 saturated heterocycles. The van der Waals surface area contributed by atoms with Gasteiger partial charge in [0.2, 0.25) is 5.89 Å². The predicted octanol–water partition coefficient (Wildman–Crippen LogP) is 8.81. The molecule has 67 heavy (non-hydrogen) atoms. The van der Waals surface area contributed by atoms with Crippen LogP contribution in [0.1, 0.15) is 27.4 Å². The van der Waals surface area contributed by atoms with E-state index in [1.165, 1.54) is 39.4 Å². The molecular weight excluding hydrogens is 949 g/mol. The Morgan fingerprint density at radius 3 is 1.58 bits per heavy atom. The topological polar surface area (TPSA) is 151 Å². The molecule has 0 unspecified atom stereocenters. The minimum atomic E-state index is -5.13. The second-order valence-corrected chi connectivity index (χ2v) is 15.4. The molecule has 0 saturated carbocycles. The van der Waals surface area contributed by atoms with Gasteiger partial charge in [0.15, 0.2) is 5.78 Å². The normalized spacial score (nSPS) is 14.2. The number of nitrogens with zero attached hydrogens (tertiary/aromatic N) is 6. The number of benzene rings is 4. The van der Waals surface area contributed by atoms with Crippen LogP contribution in [-0.4, -0.2) is 109 Å². The lowest BCUT2D eigenvalue weighted by Gasteiger charge is -2.33. The number of aromatic nitrogens is 2. The van der Waals surface area contributed by atoms with Crippen LogP contribution in [0.2, 0.25) is 10.0 Å². The summed E-state index contributed by atoms with van der Waals surface area (Å²) in [6.45, 7) is 1.72. The maximum Gasteiger partial charge on any atom is 0.471 e. The number of hydrogen-bond acceptors (Lipinski definition) is 9. The fourth-order valence-corrected chi connectivity index (χ4v) is 6.86. The van der Waals surface area contributed by atoms with E-state index in [-0.39, 0.29) is 47.4 Å². The maximum atomic E-state index is 14.9. The molecule has 3 heterocycles. The van der Waals surface area contributed by atoms with Crippen LogP contribution in [0.3, 0.4) is 0 Å². The zero-order chi connectivity index (χ0) is 48.5. The number of urea groups is 2. The van der Waals surface area contributed by atoms with E-state index in [0.717, 1.165) is 12.1 Å². The highest BCUT2D eigenvalue weighted by molar-refractivity contribution is 6.31. The van der Waals surface area contributed by atoms with Gasteiger partial charge in [0.25, 0.3) is 0 Å². The Morgan fingerprint density at radius 1 is 0.657 bits per heavy atom. The Labute approximate surface area is 385 Å². The molecule has 0 radical (unpaired) electrons. The Balaban J connectivity index is 0.000000221. The molecule has 0 atom stereocenters. The fraction of sp³-hybridized carbons (Fsp3) is 0.302. The molecule has 4 aromatic carbocycles. The van der Waals surface area contributed by atoms with Crippen molar-refractivity contribution in [3.63, 3.8) is 0 Å². The first-order valence-electron chi connectivity index (χ1n) is 19.9. The Bertz CT molecular complexity index is 2570. The van der Waals surface area contributed by atoms with Crippen molar-refractivity contribution >= 4 is 58.3 Å². The highest BCUT2D eigenvalue weighted by Gasteiger charge is 2.39. The Morgan fingerprint density at radius 2 is 1.15 bits per heavy atom. The summed E-state index contributed by atoms with van der Waals surface area (Å²) in [4.78, 5) is 55.2. The van der Waals surface area contributed by atoms with E-state index < -0.39 is 54.0 Å². The summed E-state index contributed by atoms with van der Waals surface area (Å²) in [5.41, 5.74) is 0.853. The molecule has 7 rings (SSSR count). The molecule has 356 valence electrons. The quantitative estimate of drug-likeness (QED) is 0.107. The summed E-state index contributed by atoms with van der Waals surface area (Å²) >= 11 is 12.2. The minimum Gasteiger partial charge on any atom is -0.413 e. The standard InChI is InChI=1S/C22H20ClF4N3O4.C21H17ClF4N4O3/c23-16-2-1-3-17(11-16)30(21(33)29-6-8-34-9-7-29)13-15-5-4-14(10-18(15)24)19(31)12-28-20(32)22(25,26)27;22-15-2-1-3-16(11-15)30(20(31)29-6-8-32-9-7-29)12-14-5-4-13(10-17(14)23)18-27-28-19(33-18)21(24,25)26/h1-5,10-11H,6-9,12-13H2,(H,28,32);1-5,10-11H,6-9,12H2. The number of rotatable bonds is 10. The summed E-state index contributed by atoms with van der Waals surface area (Å²) in [7, 11) is 0. The van der Waals surface area contributed by atoms with Gasteiger partial charge in [-0.3, -0.25) is 19.4 Å². The highest BCUT2D eigenvalue weighted by Crippen LogP contribution is 2.32. The number of carbonyl (C=O) groups is 4. The zero-order valence-corrected chi connectivity index (χ0v) is 36.2. The first-order chi connectivity index (χ1) is 31.8. The van der Waals surface area contributed by atoms with Crippen molar-refractivity contribution in [3.8, 4) is 11.5 Å². The van der Waals surface area contributed by atoms with Crippen LogP contribution in [0.4, 0.5) is 56.1 Å². The smallest absolute Gasteiger partial charge is 0.413 e.